The van der Waals surface area contributed by atoms with Gasteiger partial charge in [0.25, 0.3) is 11.8 Å². The van der Waals surface area contributed by atoms with Gasteiger partial charge in [-0.05, 0) is 56.4 Å². The number of carbonyl (C=O) groups excluding carboxylic acids is 2. The molecule has 0 radical (unpaired) electrons. The molecule has 176 valence electrons. The van der Waals surface area contributed by atoms with Crippen molar-refractivity contribution in [1.82, 2.24) is 20.6 Å². The van der Waals surface area contributed by atoms with E-state index in [-0.39, 0.29) is 17.9 Å². The number of carbonyl (C=O) groups is 2. The van der Waals surface area contributed by atoms with Crippen LogP contribution in [0.15, 0.2) is 36.7 Å². The van der Waals surface area contributed by atoms with E-state index in [0.717, 1.165) is 50.7 Å². The Labute approximate surface area is 195 Å². The van der Waals surface area contributed by atoms with Crippen LogP contribution in [0.3, 0.4) is 0 Å². The molecular formula is C25H34N6O2. The van der Waals surface area contributed by atoms with Gasteiger partial charge in [-0.3, -0.25) is 9.59 Å². The monoisotopic (exact) mass is 450 g/mol. The van der Waals surface area contributed by atoms with Crippen LogP contribution in [0.25, 0.3) is 0 Å². The Bertz CT molecular complexity index is 919. The molecule has 1 atom stereocenters. The molecule has 0 saturated carbocycles. The van der Waals surface area contributed by atoms with E-state index in [4.69, 9.17) is 0 Å². The van der Waals surface area contributed by atoms with Gasteiger partial charge in [-0.25, -0.2) is 9.97 Å². The maximum atomic E-state index is 12.7. The molecule has 2 N–H and O–H groups in total. The number of nitrogens with one attached hydrogen (secondary N) is 2. The first-order chi connectivity index (χ1) is 16.1. The summed E-state index contributed by atoms with van der Waals surface area (Å²) in [6.45, 7) is 6.52. The number of aromatic nitrogens is 2. The highest BCUT2D eigenvalue weighted by molar-refractivity contribution is 5.95. The fourth-order valence-corrected chi connectivity index (χ4v) is 4.47. The molecule has 2 aromatic rings. The normalized spacial score (nSPS) is 16.6. The highest BCUT2D eigenvalue weighted by atomic mass is 16.2. The molecule has 2 aromatic heterocycles. The molecule has 2 saturated heterocycles. The third-order valence-electron chi connectivity index (χ3n) is 6.36. The van der Waals surface area contributed by atoms with Crippen LogP contribution in [-0.2, 0) is 0 Å². The summed E-state index contributed by atoms with van der Waals surface area (Å²) in [5, 5.41) is 5.99. The summed E-state index contributed by atoms with van der Waals surface area (Å²) in [5.74, 6) is 1.50. The first kappa shape index (κ1) is 23.0. The molecule has 0 bridgehead atoms. The maximum absolute atomic E-state index is 12.7. The Morgan fingerprint density at radius 1 is 0.848 bits per heavy atom. The minimum Gasteiger partial charge on any atom is -0.357 e. The van der Waals surface area contributed by atoms with Crippen LogP contribution in [0, 0.1) is 0 Å². The van der Waals surface area contributed by atoms with Crippen molar-refractivity contribution in [2.75, 3.05) is 42.5 Å². The maximum Gasteiger partial charge on any atom is 0.253 e. The van der Waals surface area contributed by atoms with Crippen LogP contribution in [0.5, 0.6) is 0 Å². The largest absolute Gasteiger partial charge is 0.357 e. The summed E-state index contributed by atoms with van der Waals surface area (Å²) < 4.78 is 0. The number of hydrogen-bond donors (Lipinski definition) is 2. The third-order valence-corrected chi connectivity index (χ3v) is 6.36. The first-order valence-corrected chi connectivity index (χ1v) is 12.1. The van der Waals surface area contributed by atoms with Gasteiger partial charge in [-0.1, -0.05) is 13.3 Å². The van der Waals surface area contributed by atoms with Crippen LogP contribution < -0.4 is 20.4 Å². The van der Waals surface area contributed by atoms with Crippen molar-refractivity contribution in [3.05, 3.63) is 47.8 Å². The number of nitrogens with zero attached hydrogens (tertiary/aromatic N) is 4. The first-order valence-electron chi connectivity index (χ1n) is 12.1. The van der Waals surface area contributed by atoms with Crippen molar-refractivity contribution in [1.29, 1.82) is 0 Å². The van der Waals surface area contributed by atoms with E-state index in [0.29, 0.717) is 17.7 Å². The van der Waals surface area contributed by atoms with Gasteiger partial charge in [0.15, 0.2) is 0 Å². The van der Waals surface area contributed by atoms with E-state index in [1.54, 1.807) is 12.4 Å². The summed E-state index contributed by atoms with van der Waals surface area (Å²) >= 11 is 0. The van der Waals surface area contributed by atoms with Crippen molar-refractivity contribution in [3.63, 3.8) is 0 Å². The lowest BCUT2D eigenvalue weighted by Gasteiger charge is -2.20. The van der Waals surface area contributed by atoms with Crippen molar-refractivity contribution >= 4 is 23.5 Å². The summed E-state index contributed by atoms with van der Waals surface area (Å²) in [6.07, 6.45) is 9.69. The Morgan fingerprint density at radius 3 is 1.82 bits per heavy atom. The van der Waals surface area contributed by atoms with Gasteiger partial charge in [0.1, 0.15) is 11.6 Å². The Kier molecular flexibility index (Phi) is 7.75. The van der Waals surface area contributed by atoms with Gasteiger partial charge in [-0.2, -0.15) is 0 Å². The Balaban J connectivity index is 1.29. The molecule has 2 amide bonds. The van der Waals surface area contributed by atoms with Gasteiger partial charge < -0.3 is 20.4 Å². The lowest BCUT2D eigenvalue weighted by atomic mass is 10.1. The van der Waals surface area contributed by atoms with E-state index in [2.05, 4.69) is 37.3 Å². The van der Waals surface area contributed by atoms with Crippen LogP contribution >= 0.6 is 0 Å². The smallest absolute Gasteiger partial charge is 0.253 e. The summed E-state index contributed by atoms with van der Waals surface area (Å²) in [6, 6.07) is 7.31. The molecule has 0 aromatic carbocycles. The number of amides is 2. The minimum absolute atomic E-state index is 0.151. The molecule has 4 rings (SSSR count). The standard InChI is InChI=1S/C25H34N6O2/c1-2-7-21(29-25(33)20-9-11-23(27-17-20)31-14-5-6-15-31)18-28-24(32)19-8-10-22(26-16-19)30-12-3-4-13-30/h8-11,16-17,21H,2-7,12-15,18H2,1H3,(H,28,32)(H,29,33). The quantitative estimate of drug-likeness (QED) is 0.610. The molecule has 0 spiro atoms. The molecule has 33 heavy (non-hydrogen) atoms. The highest BCUT2D eigenvalue weighted by Gasteiger charge is 2.18. The second-order valence-corrected chi connectivity index (χ2v) is 8.87. The van der Waals surface area contributed by atoms with E-state index in [9.17, 15) is 9.59 Å². The molecule has 0 aliphatic carbocycles. The molecule has 2 fully saturated rings. The second-order valence-electron chi connectivity index (χ2n) is 8.87. The number of pyridine rings is 2. The predicted octanol–water partition coefficient (Wildman–Crippen LogP) is 3.01. The van der Waals surface area contributed by atoms with Crippen molar-refractivity contribution in [3.8, 4) is 0 Å². The molecular weight excluding hydrogens is 416 g/mol. The molecule has 2 aliphatic heterocycles. The zero-order valence-corrected chi connectivity index (χ0v) is 19.4. The van der Waals surface area contributed by atoms with Crippen LogP contribution in [0.4, 0.5) is 11.6 Å². The summed E-state index contributed by atoms with van der Waals surface area (Å²) in [4.78, 5) is 38.8. The predicted molar refractivity (Wildman–Crippen MR) is 130 cm³/mol. The molecule has 2 aliphatic rings. The highest BCUT2D eigenvalue weighted by Crippen LogP contribution is 2.18. The lowest BCUT2D eigenvalue weighted by Crippen LogP contribution is -2.43. The van der Waals surface area contributed by atoms with Crippen molar-refractivity contribution < 1.29 is 9.59 Å². The van der Waals surface area contributed by atoms with E-state index in [1.807, 2.05) is 24.3 Å². The molecule has 1 unspecified atom stereocenters. The molecule has 8 heteroatoms. The Morgan fingerprint density at radius 2 is 1.36 bits per heavy atom. The third kappa shape index (κ3) is 6.00. The van der Waals surface area contributed by atoms with Crippen LogP contribution in [0.2, 0.25) is 0 Å². The van der Waals surface area contributed by atoms with Crippen molar-refractivity contribution in [2.24, 2.45) is 0 Å². The average molecular weight is 451 g/mol. The number of rotatable bonds is 9. The zero-order chi connectivity index (χ0) is 23.0. The van der Waals surface area contributed by atoms with Gasteiger partial charge >= 0.3 is 0 Å². The van der Waals surface area contributed by atoms with Crippen LogP contribution in [0.1, 0.15) is 66.2 Å². The number of anilines is 2. The van der Waals surface area contributed by atoms with E-state index in [1.165, 1.54) is 25.7 Å². The van der Waals surface area contributed by atoms with E-state index < -0.39 is 0 Å². The SMILES string of the molecule is CCCC(CNC(=O)c1ccc(N2CCCC2)nc1)NC(=O)c1ccc(N2CCCC2)nc1. The van der Waals surface area contributed by atoms with Gasteiger partial charge in [0.05, 0.1) is 11.1 Å². The molecule has 8 nitrogen and oxygen atoms in total. The van der Waals surface area contributed by atoms with Gasteiger partial charge in [-0.15, -0.1) is 0 Å². The minimum atomic E-state index is -0.178. The van der Waals surface area contributed by atoms with Crippen LogP contribution in [-0.4, -0.2) is 60.5 Å². The van der Waals surface area contributed by atoms with Crippen molar-refractivity contribution in [2.45, 2.75) is 51.5 Å². The number of hydrogen-bond acceptors (Lipinski definition) is 6. The zero-order valence-electron chi connectivity index (χ0n) is 19.4. The lowest BCUT2D eigenvalue weighted by molar-refractivity contribution is 0.0906. The molecule has 4 heterocycles. The topological polar surface area (TPSA) is 90.5 Å². The fraction of sp³-hybridized carbons (Fsp3) is 0.520. The van der Waals surface area contributed by atoms with Gasteiger partial charge in [0.2, 0.25) is 0 Å². The second kappa shape index (κ2) is 11.1. The Hall–Kier alpha value is -3.16. The summed E-state index contributed by atoms with van der Waals surface area (Å²) in [7, 11) is 0. The van der Waals surface area contributed by atoms with Gasteiger partial charge in [0, 0.05) is 51.2 Å². The summed E-state index contributed by atoms with van der Waals surface area (Å²) in [5.41, 5.74) is 1.06. The fourth-order valence-electron chi connectivity index (χ4n) is 4.47. The van der Waals surface area contributed by atoms with E-state index >= 15 is 0 Å². The average Bonchev–Trinajstić information content (AvgIpc) is 3.57.